The van der Waals surface area contributed by atoms with E-state index in [0.717, 1.165) is 5.04 Å². The highest BCUT2D eigenvalue weighted by atomic mass is 35.5. The minimum absolute atomic E-state index is 0.564. The molecule has 0 radical (unpaired) electrons. The van der Waals surface area contributed by atoms with Crippen LogP contribution in [0.1, 0.15) is 0 Å². The third-order valence-corrected chi connectivity index (χ3v) is 1.63. The fourth-order valence-electron chi connectivity index (χ4n) is 0.418. The van der Waals surface area contributed by atoms with Crippen molar-refractivity contribution in [2.45, 2.75) is 0 Å². The van der Waals surface area contributed by atoms with Gasteiger partial charge in [-0.1, -0.05) is 11.6 Å². The lowest BCUT2D eigenvalue weighted by molar-refractivity contribution is 0.652. The van der Waals surface area contributed by atoms with Gasteiger partial charge in [-0.05, 0) is 6.26 Å². The lowest BCUT2D eigenvalue weighted by Gasteiger charge is -2.09. The zero-order valence-corrected chi connectivity index (χ0v) is 6.38. The Morgan fingerprint density at radius 3 is 3.00 bits per heavy atom. The van der Waals surface area contributed by atoms with E-state index in [4.69, 9.17) is 11.6 Å². The molecule has 50 valence electrons. The summed E-state index contributed by atoms with van der Waals surface area (Å²) in [6, 6.07) is 0. The van der Waals surface area contributed by atoms with Crippen molar-refractivity contribution in [3.8, 4) is 0 Å². The van der Waals surface area contributed by atoms with Gasteiger partial charge in [0.2, 0.25) is 0 Å². The Kier molecular flexibility index (Phi) is 2.24. The van der Waals surface area contributed by atoms with Crippen molar-refractivity contribution in [1.29, 1.82) is 0 Å². The molecule has 0 aromatic heterocycles. The van der Waals surface area contributed by atoms with Crippen LogP contribution in [-0.2, 0) is 0 Å². The van der Waals surface area contributed by atoms with Crippen molar-refractivity contribution in [1.82, 2.24) is 11.0 Å². The minimum Gasteiger partial charge on any atom is -0.274 e. The molecule has 5 heteroatoms. The van der Waals surface area contributed by atoms with Crippen molar-refractivity contribution in [3.63, 3.8) is 0 Å². The summed E-state index contributed by atoms with van der Waals surface area (Å²) >= 11 is 7.12. The van der Waals surface area contributed by atoms with Gasteiger partial charge in [-0.2, -0.15) is 5.10 Å². The number of hydrogen-bond donors (Lipinski definition) is 2. The molecule has 0 saturated carbocycles. The first-order valence-corrected chi connectivity index (χ1v) is 3.93. The van der Waals surface area contributed by atoms with E-state index in [0.29, 0.717) is 5.16 Å². The van der Waals surface area contributed by atoms with Gasteiger partial charge in [0.1, 0.15) is 10.2 Å². The first kappa shape index (κ1) is 6.77. The average Bonchev–Trinajstić information content (AvgIpc) is 1.88. The highest BCUT2D eigenvalue weighted by molar-refractivity contribution is 8.13. The summed E-state index contributed by atoms with van der Waals surface area (Å²) < 4.78 is 0. The van der Waals surface area contributed by atoms with Gasteiger partial charge in [0.05, 0.1) is 0 Å². The van der Waals surface area contributed by atoms with Crippen LogP contribution in [0.3, 0.4) is 0 Å². The van der Waals surface area contributed by atoms with Gasteiger partial charge in [-0.3, -0.25) is 5.43 Å². The number of hydrazine groups is 1. The molecule has 3 nitrogen and oxygen atoms in total. The maximum atomic E-state index is 5.58. The molecule has 0 aromatic rings. The third-order valence-electron chi connectivity index (χ3n) is 0.801. The van der Waals surface area contributed by atoms with Crippen molar-refractivity contribution in [2.75, 3.05) is 6.26 Å². The Labute approximate surface area is 62.5 Å². The summed E-state index contributed by atoms with van der Waals surface area (Å²) in [5.41, 5.74) is 5.17. The average molecular weight is 164 g/mol. The first-order chi connectivity index (χ1) is 4.33. The van der Waals surface area contributed by atoms with E-state index in [-0.39, 0.29) is 0 Å². The van der Waals surface area contributed by atoms with E-state index in [1.54, 1.807) is 6.08 Å². The van der Waals surface area contributed by atoms with E-state index >= 15 is 0 Å². The molecule has 0 saturated heterocycles. The maximum Gasteiger partial charge on any atom is 0.124 e. The van der Waals surface area contributed by atoms with E-state index in [1.165, 1.54) is 11.8 Å². The fourth-order valence-corrected chi connectivity index (χ4v) is 1.00. The smallest absolute Gasteiger partial charge is 0.124 e. The molecule has 0 aliphatic carbocycles. The number of nitrogens with one attached hydrogen (secondary N) is 2. The number of thioether (sulfide) groups is 1. The number of nitrogens with zero attached hydrogens (tertiary/aromatic N) is 1. The Morgan fingerprint density at radius 2 is 2.56 bits per heavy atom. The Hall–Kier alpha value is -0.350. The van der Waals surface area contributed by atoms with Gasteiger partial charge in [-0.25, -0.2) is 5.53 Å². The van der Waals surface area contributed by atoms with Crippen molar-refractivity contribution >= 4 is 28.4 Å². The van der Waals surface area contributed by atoms with Crippen molar-refractivity contribution in [3.05, 3.63) is 11.2 Å². The molecule has 0 fully saturated rings. The van der Waals surface area contributed by atoms with Gasteiger partial charge >= 0.3 is 0 Å². The monoisotopic (exact) mass is 163 g/mol. The predicted molar refractivity (Wildman–Crippen MR) is 41.2 cm³/mol. The number of rotatable bonds is 0. The van der Waals surface area contributed by atoms with Crippen molar-refractivity contribution < 1.29 is 0 Å². The van der Waals surface area contributed by atoms with Crippen LogP contribution in [0.2, 0.25) is 0 Å². The molecular weight excluding hydrogens is 158 g/mol. The molecule has 1 rings (SSSR count). The van der Waals surface area contributed by atoms with E-state index < -0.39 is 0 Å². The van der Waals surface area contributed by atoms with E-state index in [1.807, 2.05) is 6.26 Å². The van der Waals surface area contributed by atoms with Crippen LogP contribution >= 0.6 is 23.4 Å². The molecule has 0 atom stereocenters. The van der Waals surface area contributed by atoms with Crippen LogP contribution in [0.4, 0.5) is 0 Å². The summed E-state index contributed by atoms with van der Waals surface area (Å²) in [5.74, 6) is 0. The van der Waals surface area contributed by atoms with Crippen LogP contribution in [0.5, 0.6) is 0 Å². The maximum absolute atomic E-state index is 5.58. The third kappa shape index (κ3) is 1.80. The van der Waals surface area contributed by atoms with Crippen LogP contribution in [0.15, 0.2) is 16.3 Å². The SMILES string of the molecule is CSC1=NNNC(Cl)=C1. The largest absolute Gasteiger partial charge is 0.274 e. The van der Waals surface area contributed by atoms with Crippen LogP contribution < -0.4 is 11.0 Å². The number of hydrazone groups is 1. The topological polar surface area (TPSA) is 36.4 Å². The Balaban J connectivity index is 2.63. The highest BCUT2D eigenvalue weighted by Gasteiger charge is 1.99. The molecule has 1 heterocycles. The fraction of sp³-hybridized carbons (Fsp3) is 0.250. The summed E-state index contributed by atoms with van der Waals surface area (Å²) in [4.78, 5) is 0. The van der Waals surface area contributed by atoms with Gasteiger partial charge in [0.25, 0.3) is 0 Å². The van der Waals surface area contributed by atoms with Gasteiger partial charge in [0.15, 0.2) is 0 Å². The van der Waals surface area contributed by atoms with E-state index in [2.05, 4.69) is 16.1 Å². The Morgan fingerprint density at radius 1 is 1.78 bits per heavy atom. The minimum atomic E-state index is 0.564. The lowest BCUT2D eigenvalue weighted by atomic mass is 10.6. The molecule has 0 unspecified atom stereocenters. The molecule has 2 N–H and O–H groups in total. The molecule has 9 heavy (non-hydrogen) atoms. The standard InChI is InChI=1S/C4H6ClN3S/c1-9-4-2-3(5)6-8-7-4/h2,6,8H,1H3. The van der Waals surface area contributed by atoms with Gasteiger partial charge in [-0.15, -0.1) is 11.8 Å². The normalized spacial score (nSPS) is 17.1. The van der Waals surface area contributed by atoms with E-state index in [9.17, 15) is 0 Å². The van der Waals surface area contributed by atoms with Gasteiger partial charge in [0, 0.05) is 6.08 Å². The number of hydrogen-bond acceptors (Lipinski definition) is 4. The zero-order valence-electron chi connectivity index (χ0n) is 4.81. The Bertz CT molecular complexity index is 165. The molecular formula is C4H6ClN3S. The first-order valence-electron chi connectivity index (χ1n) is 2.33. The van der Waals surface area contributed by atoms with Crippen LogP contribution in [-0.4, -0.2) is 11.3 Å². The van der Waals surface area contributed by atoms with Crippen LogP contribution in [0, 0.1) is 0 Å². The molecule has 0 bridgehead atoms. The van der Waals surface area contributed by atoms with Crippen molar-refractivity contribution in [2.24, 2.45) is 5.10 Å². The lowest BCUT2D eigenvalue weighted by Crippen LogP contribution is -2.28. The molecule has 0 amide bonds. The second-order valence-corrected chi connectivity index (χ2v) is 2.62. The second kappa shape index (κ2) is 2.98. The molecule has 0 aromatic carbocycles. The second-order valence-electron chi connectivity index (χ2n) is 1.38. The molecule has 0 spiro atoms. The molecule has 1 aliphatic rings. The summed E-state index contributed by atoms with van der Waals surface area (Å²) in [6.07, 6.45) is 3.69. The quantitative estimate of drug-likeness (QED) is 0.520. The predicted octanol–water partition coefficient (Wildman–Crippen LogP) is 0.851. The zero-order chi connectivity index (χ0) is 6.69. The van der Waals surface area contributed by atoms with Crippen LogP contribution in [0.25, 0.3) is 0 Å². The highest BCUT2D eigenvalue weighted by Crippen LogP contribution is 2.06. The molecule has 1 aliphatic heterocycles. The summed E-state index contributed by atoms with van der Waals surface area (Å²) in [5, 5.41) is 5.29. The summed E-state index contributed by atoms with van der Waals surface area (Å²) in [6.45, 7) is 0. The summed E-state index contributed by atoms with van der Waals surface area (Å²) in [7, 11) is 0. The van der Waals surface area contributed by atoms with Gasteiger partial charge < -0.3 is 0 Å². The number of halogens is 1.